The standard InChI is InChI=1S/C26H23N5O3S/c32-24(13-17-15-28-21-9-4-2-7-19(17)21)30-31-25(33)22(29-26(34)23-10-5-11-35-23)12-16-14-27-20-8-3-1-6-18(16)20/h1-11,14-15,22,27-28H,12-13H2,(H,29,34)(H,30,32)(H,31,33)/t22-/m0/s1. The van der Waals surface area contributed by atoms with Crippen molar-refractivity contribution in [2.75, 3.05) is 0 Å². The van der Waals surface area contributed by atoms with E-state index in [1.807, 2.05) is 54.7 Å². The highest BCUT2D eigenvalue weighted by Gasteiger charge is 2.24. The minimum Gasteiger partial charge on any atom is -0.361 e. The number of carbonyl (C=O) groups is 3. The van der Waals surface area contributed by atoms with E-state index >= 15 is 0 Å². The second-order valence-electron chi connectivity index (χ2n) is 8.14. The van der Waals surface area contributed by atoms with Crippen LogP contribution in [0.4, 0.5) is 0 Å². The molecule has 5 rings (SSSR count). The van der Waals surface area contributed by atoms with Crippen molar-refractivity contribution in [2.45, 2.75) is 18.9 Å². The Labute approximate surface area is 204 Å². The molecule has 0 saturated carbocycles. The molecule has 5 aromatic rings. The molecule has 0 unspecified atom stereocenters. The summed E-state index contributed by atoms with van der Waals surface area (Å²) in [4.78, 5) is 45.2. The van der Waals surface area contributed by atoms with Gasteiger partial charge in [-0.25, -0.2) is 0 Å². The molecule has 1 atom stereocenters. The number of rotatable bonds is 7. The predicted molar refractivity (Wildman–Crippen MR) is 136 cm³/mol. The smallest absolute Gasteiger partial charge is 0.262 e. The Balaban J connectivity index is 1.28. The lowest BCUT2D eigenvalue weighted by Crippen LogP contribution is -2.53. The van der Waals surface area contributed by atoms with Crippen LogP contribution in [0.5, 0.6) is 0 Å². The molecule has 0 radical (unpaired) electrons. The third-order valence-corrected chi connectivity index (χ3v) is 6.69. The summed E-state index contributed by atoms with van der Waals surface area (Å²) in [5.74, 6) is -1.21. The molecule has 0 fully saturated rings. The lowest BCUT2D eigenvalue weighted by Gasteiger charge is -2.18. The maximum Gasteiger partial charge on any atom is 0.262 e. The van der Waals surface area contributed by atoms with E-state index in [9.17, 15) is 14.4 Å². The molecule has 8 nitrogen and oxygen atoms in total. The number of hydrogen-bond donors (Lipinski definition) is 5. The number of benzene rings is 2. The van der Waals surface area contributed by atoms with E-state index in [0.29, 0.717) is 4.88 Å². The van der Waals surface area contributed by atoms with Gasteiger partial charge in [-0.2, -0.15) is 0 Å². The Kier molecular flexibility index (Phi) is 6.32. The molecule has 176 valence electrons. The summed E-state index contributed by atoms with van der Waals surface area (Å²) in [6, 6.07) is 18.0. The van der Waals surface area contributed by atoms with Crippen molar-refractivity contribution in [2.24, 2.45) is 0 Å². The second kappa shape index (κ2) is 9.86. The number of fused-ring (bicyclic) bond motifs is 2. The van der Waals surface area contributed by atoms with Crippen LogP contribution in [0.3, 0.4) is 0 Å². The van der Waals surface area contributed by atoms with E-state index in [-0.39, 0.29) is 24.7 Å². The molecule has 0 saturated heterocycles. The van der Waals surface area contributed by atoms with Crippen molar-refractivity contribution in [1.29, 1.82) is 0 Å². The van der Waals surface area contributed by atoms with Crippen molar-refractivity contribution in [3.05, 3.63) is 94.4 Å². The van der Waals surface area contributed by atoms with Crippen LogP contribution in [-0.2, 0) is 22.4 Å². The van der Waals surface area contributed by atoms with Gasteiger partial charge in [-0.1, -0.05) is 42.5 Å². The molecule has 2 aromatic carbocycles. The zero-order valence-corrected chi connectivity index (χ0v) is 19.4. The van der Waals surface area contributed by atoms with Gasteiger partial charge in [0.1, 0.15) is 6.04 Å². The molecule has 0 aliphatic carbocycles. The number of thiophene rings is 1. The van der Waals surface area contributed by atoms with Crippen LogP contribution >= 0.6 is 11.3 Å². The summed E-state index contributed by atoms with van der Waals surface area (Å²) >= 11 is 1.29. The van der Waals surface area contributed by atoms with E-state index in [2.05, 4.69) is 26.1 Å². The van der Waals surface area contributed by atoms with Gasteiger partial charge < -0.3 is 15.3 Å². The zero-order valence-electron chi connectivity index (χ0n) is 18.6. The summed E-state index contributed by atoms with van der Waals surface area (Å²) in [7, 11) is 0. The number of amides is 3. The van der Waals surface area contributed by atoms with Crippen LogP contribution in [0.1, 0.15) is 20.8 Å². The van der Waals surface area contributed by atoms with Crippen molar-refractivity contribution in [1.82, 2.24) is 26.1 Å². The van der Waals surface area contributed by atoms with Crippen molar-refractivity contribution in [3.63, 3.8) is 0 Å². The lowest BCUT2D eigenvalue weighted by molar-refractivity contribution is -0.129. The van der Waals surface area contributed by atoms with Gasteiger partial charge in [-0.15, -0.1) is 11.3 Å². The summed E-state index contributed by atoms with van der Waals surface area (Å²) < 4.78 is 0. The maximum atomic E-state index is 13.1. The first kappa shape index (κ1) is 22.4. The largest absolute Gasteiger partial charge is 0.361 e. The van der Waals surface area contributed by atoms with Crippen LogP contribution in [0.25, 0.3) is 21.8 Å². The van der Waals surface area contributed by atoms with Crippen LogP contribution in [-0.4, -0.2) is 33.7 Å². The lowest BCUT2D eigenvalue weighted by atomic mass is 10.0. The zero-order chi connectivity index (χ0) is 24.2. The quantitative estimate of drug-likeness (QED) is 0.227. The van der Waals surface area contributed by atoms with E-state index < -0.39 is 11.9 Å². The van der Waals surface area contributed by atoms with E-state index in [1.165, 1.54) is 11.3 Å². The third-order valence-electron chi connectivity index (χ3n) is 5.82. The number of aromatic nitrogens is 2. The minimum atomic E-state index is -0.891. The maximum absolute atomic E-state index is 13.1. The minimum absolute atomic E-state index is 0.0962. The highest BCUT2D eigenvalue weighted by atomic mass is 32.1. The predicted octanol–water partition coefficient (Wildman–Crippen LogP) is 3.44. The van der Waals surface area contributed by atoms with Crippen molar-refractivity contribution in [3.8, 4) is 0 Å². The van der Waals surface area contributed by atoms with E-state index in [0.717, 1.165) is 32.9 Å². The van der Waals surface area contributed by atoms with Crippen LogP contribution in [0, 0.1) is 0 Å². The van der Waals surface area contributed by atoms with Crippen LogP contribution in [0.2, 0.25) is 0 Å². The number of carbonyl (C=O) groups excluding carboxylic acids is 3. The molecule has 0 aliphatic rings. The third kappa shape index (κ3) is 4.95. The molecule has 9 heteroatoms. The summed E-state index contributed by atoms with van der Waals surface area (Å²) in [6.45, 7) is 0. The van der Waals surface area contributed by atoms with Crippen LogP contribution < -0.4 is 16.2 Å². The Morgan fingerprint density at radius 3 is 2.14 bits per heavy atom. The molecule has 0 aliphatic heterocycles. The normalized spacial score (nSPS) is 11.9. The molecule has 0 bridgehead atoms. The number of nitrogens with one attached hydrogen (secondary N) is 5. The topological polar surface area (TPSA) is 119 Å². The van der Waals surface area contributed by atoms with Gasteiger partial charge in [-0.3, -0.25) is 25.2 Å². The summed E-state index contributed by atoms with van der Waals surface area (Å²) in [5, 5.41) is 6.53. The van der Waals surface area contributed by atoms with Crippen molar-refractivity contribution >= 4 is 50.9 Å². The molecule has 0 spiro atoms. The highest BCUT2D eigenvalue weighted by molar-refractivity contribution is 7.12. The van der Waals surface area contributed by atoms with Gasteiger partial charge >= 0.3 is 0 Å². The molecule has 5 N–H and O–H groups in total. The molecular weight excluding hydrogens is 462 g/mol. The first-order valence-corrected chi connectivity index (χ1v) is 12.0. The van der Waals surface area contributed by atoms with Crippen molar-refractivity contribution < 1.29 is 14.4 Å². The monoisotopic (exact) mass is 485 g/mol. The number of H-pyrrole nitrogens is 2. The molecular formula is C26H23N5O3S. The number of para-hydroxylation sites is 2. The Bertz CT molecular complexity index is 1500. The van der Waals surface area contributed by atoms with Gasteiger partial charge in [0.25, 0.3) is 11.8 Å². The SMILES string of the molecule is O=C(Cc1c[nH]c2ccccc12)NNC(=O)[C@H](Cc1c[nH]c2ccccc12)NC(=O)c1cccs1. The average molecular weight is 486 g/mol. The van der Waals surface area contributed by atoms with Gasteiger partial charge in [0.2, 0.25) is 5.91 Å². The number of hydrazine groups is 1. The molecule has 3 amide bonds. The summed E-state index contributed by atoms with van der Waals surface area (Å²) in [5.41, 5.74) is 8.56. The fraction of sp³-hybridized carbons (Fsp3) is 0.115. The van der Waals surface area contributed by atoms with Gasteiger partial charge in [0.15, 0.2) is 0 Å². The molecule has 35 heavy (non-hydrogen) atoms. The van der Waals surface area contributed by atoms with Crippen LogP contribution in [0.15, 0.2) is 78.4 Å². The number of hydrogen-bond acceptors (Lipinski definition) is 4. The van der Waals surface area contributed by atoms with E-state index in [1.54, 1.807) is 23.7 Å². The fourth-order valence-electron chi connectivity index (χ4n) is 4.08. The second-order valence-corrected chi connectivity index (χ2v) is 9.09. The molecule has 3 heterocycles. The highest BCUT2D eigenvalue weighted by Crippen LogP contribution is 2.20. The Hall–Kier alpha value is -4.37. The van der Waals surface area contributed by atoms with Gasteiger partial charge in [0, 0.05) is 40.6 Å². The fourth-order valence-corrected chi connectivity index (χ4v) is 4.71. The number of aromatic amines is 2. The van der Waals surface area contributed by atoms with Gasteiger partial charge in [-0.05, 0) is 34.7 Å². The summed E-state index contributed by atoms with van der Waals surface area (Å²) in [6.07, 6.45) is 3.97. The Morgan fingerprint density at radius 1 is 0.800 bits per heavy atom. The average Bonchev–Trinajstić information content (AvgIpc) is 3.63. The van der Waals surface area contributed by atoms with Gasteiger partial charge in [0.05, 0.1) is 11.3 Å². The first-order valence-electron chi connectivity index (χ1n) is 11.1. The van der Waals surface area contributed by atoms with E-state index in [4.69, 9.17) is 0 Å². The first-order chi connectivity index (χ1) is 17.1. The molecule has 3 aromatic heterocycles. The Morgan fingerprint density at radius 2 is 1.46 bits per heavy atom.